The van der Waals surface area contributed by atoms with E-state index in [2.05, 4.69) is 15.3 Å². The summed E-state index contributed by atoms with van der Waals surface area (Å²) < 4.78 is 5.40. The molecule has 1 fully saturated rings. The Kier molecular flexibility index (Phi) is 2.85. The first-order valence-corrected chi connectivity index (χ1v) is 5.94. The van der Waals surface area contributed by atoms with Crippen molar-refractivity contribution < 1.29 is 9.53 Å². The number of para-hydroxylation sites is 1. The van der Waals surface area contributed by atoms with Crippen LogP contribution in [0.1, 0.15) is 0 Å². The number of hydrogen-bond donors (Lipinski definition) is 2. The van der Waals surface area contributed by atoms with Gasteiger partial charge >= 0.3 is 6.09 Å². The standard InChI is InChI=1S/C12H14N4O2/c17-12(16-6-4-13-5-7-16)18-10-3-1-2-9-11(10)15-8-14-9/h1-3,8,13H,4-7H2,(H,14,15). The number of H-pyrrole nitrogens is 1. The van der Waals surface area contributed by atoms with E-state index in [0.29, 0.717) is 24.4 Å². The van der Waals surface area contributed by atoms with Crippen molar-refractivity contribution in [1.29, 1.82) is 0 Å². The Morgan fingerprint density at radius 3 is 3.00 bits per heavy atom. The summed E-state index contributed by atoms with van der Waals surface area (Å²) in [6, 6.07) is 5.48. The zero-order valence-corrected chi connectivity index (χ0v) is 9.85. The highest BCUT2D eigenvalue weighted by Gasteiger charge is 2.19. The van der Waals surface area contributed by atoms with Crippen LogP contribution in [0.3, 0.4) is 0 Å². The average molecular weight is 246 g/mol. The molecule has 6 heteroatoms. The smallest absolute Gasteiger partial charge is 0.408 e. The first-order chi connectivity index (χ1) is 8.84. The monoisotopic (exact) mass is 246 g/mol. The lowest BCUT2D eigenvalue weighted by atomic mass is 10.3. The number of imidazole rings is 1. The third kappa shape index (κ3) is 2.02. The van der Waals surface area contributed by atoms with Gasteiger partial charge in [-0.1, -0.05) is 6.07 Å². The molecule has 1 aliphatic rings. The number of nitrogens with zero attached hydrogens (tertiary/aromatic N) is 2. The Labute approximate surface area is 104 Å². The number of carbonyl (C=O) groups is 1. The number of nitrogens with one attached hydrogen (secondary N) is 2. The summed E-state index contributed by atoms with van der Waals surface area (Å²) in [7, 11) is 0. The molecule has 0 unspecified atom stereocenters. The van der Waals surface area contributed by atoms with E-state index in [1.54, 1.807) is 17.3 Å². The summed E-state index contributed by atoms with van der Waals surface area (Å²) >= 11 is 0. The highest BCUT2D eigenvalue weighted by Crippen LogP contribution is 2.22. The normalized spacial score (nSPS) is 15.9. The van der Waals surface area contributed by atoms with Crippen LogP contribution in [0.25, 0.3) is 11.0 Å². The van der Waals surface area contributed by atoms with Crippen LogP contribution in [0.2, 0.25) is 0 Å². The van der Waals surface area contributed by atoms with Crippen molar-refractivity contribution in [3.8, 4) is 5.75 Å². The molecule has 2 aromatic rings. The van der Waals surface area contributed by atoms with Gasteiger partial charge in [0.1, 0.15) is 5.52 Å². The lowest BCUT2D eigenvalue weighted by Gasteiger charge is -2.26. The minimum absolute atomic E-state index is 0.313. The Hall–Kier alpha value is -2.08. The van der Waals surface area contributed by atoms with E-state index in [9.17, 15) is 4.79 Å². The molecule has 0 aliphatic carbocycles. The second-order valence-electron chi connectivity index (χ2n) is 4.16. The molecule has 2 heterocycles. The maximum absolute atomic E-state index is 12.0. The first kappa shape index (κ1) is 11.0. The fourth-order valence-corrected chi connectivity index (χ4v) is 2.03. The molecule has 2 N–H and O–H groups in total. The maximum Gasteiger partial charge on any atom is 0.415 e. The van der Waals surface area contributed by atoms with Crippen molar-refractivity contribution in [2.24, 2.45) is 0 Å². The summed E-state index contributed by atoms with van der Waals surface area (Å²) in [4.78, 5) is 20.8. The molecule has 1 aromatic heterocycles. The molecule has 18 heavy (non-hydrogen) atoms. The van der Waals surface area contributed by atoms with Gasteiger partial charge in [-0.05, 0) is 12.1 Å². The SMILES string of the molecule is O=C(Oc1cccc2[nH]cnc12)N1CCNCC1. The molecule has 3 rings (SSSR count). The quantitative estimate of drug-likeness (QED) is 0.786. The van der Waals surface area contributed by atoms with Gasteiger partial charge in [0.05, 0.1) is 11.8 Å². The number of ether oxygens (including phenoxy) is 1. The molecule has 94 valence electrons. The summed E-state index contributed by atoms with van der Waals surface area (Å²) in [6.07, 6.45) is 1.28. The van der Waals surface area contributed by atoms with Gasteiger partial charge in [-0.25, -0.2) is 9.78 Å². The fraction of sp³-hybridized carbons (Fsp3) is 0.333. The van der Waals surface area contributed by atoms with E-state index in [0.717, 1.165) is 18.6 Å². The third-order valence-electron chi connectivity index (χ3n) is 2.99. The van der Waals surface area contributed by atoms with Gasteiger partial charge in [0, 0.05) is 26.2 Å². The van der Waals surface area contributed by atoms with Crippen LogP contribution >= 0.6 is 0 Å². The maximum atomic E-state index is 12.0. The Morgan fingerprint density at radius 2 is 2.17 bits per heavy atom. The zero-order chi connectivity index (χ0) is 12.4. The van der Waals surface area contributed by atoms with E-state index in [1.165, 1.54) is 0 Å². The fourth-order valence-electron chi connectivity index (χ4n) is 2.03. The van der Waals surface area contributed by atoms with Crippen LogP contribution in [-0.2, 0) is 0 Å². The number of benzene rings is 1. The van der Waals surface area contributed by atoms with Crippen LogP contribution < -0.4 is 10.1 Å². The van der Waals surface area contributed by atoms with E-state index in [4.69, 9.17) is 4.74 Å². The molecule has 0 saturated carbocycles. The topological polar surface area (TPSA) is 70.2 Å². The predicted octanol–water partition coefficient (Wildman–Crippen LogP) is 0.967. The summed E-state index contributed by atoms with van der Waals surface area (Å²) in [5, 5.41) is 3.19. The average Bonchev–Trinajstić information content (AvgIpc) is 2.89. The third-order valence-corrected chi connectivity index (χ3v) is 2.99. The minimum atomic E-state index is -0.313. The van der Waals surface area contributed by atoms with Crippen molar-refractivity contribution >= 4 is 17.1 Å². The van der Waals surface area contributed by atoms with Crippen LogP contribution in [0.4, 0.5) is 4.79 Å². The summed E-state index contributed by atoms with van der Waals surface area (Å²) in [5.74, 6) is 0.497. The van der Waals surface area contributed by atoms with Gasteiger partial charge in [-0.15, -0.1) is 0 Å². The Balaban J connectivity index is 1.79. The van der Waals surface area contributed by atoms with Gasteiger partial charge < -0.3 is 19.9 Å². The number of piperazine rings is 1. The highest BCUT2D eigenvalue weighted by atomic mass is 16.6. The number of aromatic amines is 1. The van der Waals surface area contributed by atoms with Gasteiger partial charge in [0.15, 0.2) is 5.75 Å². The number of rotatable bonds is 1. The molecule has 6 nitrogen and oxygen atoms in total. The van der Waals surface area contributed by atoms with E-state index in [1.807, 2.05) is 12.1 Å². The van der Waals surface area contributed by atoms with E-state index in [-0.39, 0.29) is 6.09 Å². The van der Waals surface area contributed by atoms with Crippen LogP contribution in [0, 0.1) is 0 Å². The second-order valence-corrected chi connectivity index (χ2v) is 4.16. The molecular formula is C12H14N4O2. The molecule has 0 radical (unpaired) electrons. The van der Waals surface area contributed by atoms with Crippen LogP contribution in [-0.4, -0.2) is 47.1 Å². The van der Waals surface area contributed by atoms with Gasteiger partial charge in [0.2, 0.25) is 0 Å². The lowest BCUT2D eigenvalue weighted by Crippen LogP contribution is -2.47. The molecular weight excluding hydrogens is 232 g/mol. The predicted molar refractivity (Wildman–Crippen MR) is 66.6 cm³/mol. The molecule has 1 aromatic carbocycles. The van der Waals surface area contributed by atoms with Gasteiger partial charge in [0.25, 0.3) is 0 Å². The zero-order valence-electron chi connectivity index (χ0n) is 9.85. The Morgan fingerprint density at radius 1 is 1.33 bits per heavy atom. The van der Waals surface area contributed by atoms with Crippen molar-refractivity contribution in [1.82, 2.24) is 20.2 Å². The Bertz CT molecular complexity index is 560. The number of hydrogen-bond acceptors (Lipinski definition) is 4. The van der Waals surface area contributed by atoms with Gasteiger partial charge in [-0.2, -0.15) is 0 Å². The van der Waals surface area contributed by atoms with E-state index < -0.39 is 0 Å². The number of amides is 1. The van der Waals surface area contributed by atoms with E-state index >= 15 is 0 Å². The largest absolute Gasteiger partial charge is 0.415 e. The minimum Gasteiger partial charge on any atom is -0.408 e. The summed E-state index contributed by atoms with van der Waals surface area (Å²) in [6.45, 7) is 2.97. The van der Waals surface area contributed by atoms with Crippen molar-refractivity contribution in [2.45, 2.75) is 0 Å². The van der Waals surface area contributed by atoms with Crippen molar-refractivity contribution in [3.05, 3.63) is 24.5 Å². The molecule has 0 atom stereocenters. The van der Waals surface area contributed by atoms with Crippen molar-refractivity contribution in [2.75, 3.05) is 26.2 Å². The summed E-state index contributed by atoms with van der Waals surface area (Å²) in [5.41, 5.74) is 1.54. The molecule has 0 bridgehead atoms. The highest BCUT2D eigenvalue weighted by molar-refractivity contribution is 5.84. The van der Waals surface area contributed by atoms with Crippen molar-refractivity contribution in [3.63, 3.8) is 0 Å². The number of aromatic nitrogens is 2. The molecule has 1 amide bonds. The number of carbonyl (C=O) groups excluding carboxylic acids is 1. The molecule has 1 saturated heterocycles. The molecule has 0 spiro atoms. The molecule has 1 aliphatic heterocycles. The first-order valence-electron chi connectivity index (χ1n) is 5.94. The van der Waals surface area contributed by atoms with Gasteiger partial charge in [-0.3, -0.25) is 0 Å². The second kappa shape index (κ2) is 4.66. The van der Waals surface area contributed by atoms with Crippen LogP contribution in [0.15, 0.2) is 24.5 Å². The number of fused-ring (bicyclic) bond motifs is 1. The van der Waals surface area contributed by atoms with Crippen LogP contribution in [0.5, 0.6) is 5.75 Å². The lowest BCUT2D eigenvalue weighted by molar-refractivity contribution is 0.146.